The Balaban J connectivity index is 1.48. The van der Waals surface area contributed by atoms with Gasteiger partial charge in [0.05, 0.1) is 53.9 Å². The molecule has 262 valence electrons. The molecule has 2 aromatic carbocycles. The SMILES string of the molecule is CC(C)(C)OC(=O)c1cccc(-c2c3nc(c(Br)c4ccc([nH]4)c(-c4cccc(C(=O)OC(C)(C)C)c4)c4nc(c(Br)c5ccc2[nH]5)C=C4)C=C3)c1. The maximum absolute atomic E-state index is 13.1. The van der Waals surface area contributed by atoms with Crippen molar-refractivity contribution in [2.45, 2.75) is 52.7 Å². The van der Waals surface area contributed by atoms with Crippen molar-refractivity contribution >= 4 is 90.2 Å². The molecule has 0 saturated carbocycles. The molecule has 7 rings (SSSR count). The first-order valence-electron chi connectivity index (χ1n) is 16.8. The molecule has 0 aliphatic carbocycles. The topological polar surface area (TPSA) is 110 Å². The van der Waals surface area contributed by atoms with Gasteiger partial charge in [-0.15, -0.1) is 0 Å². The minimum Gasteiger partial charge on any atom is -0.456 e. The molecule has 2 N–H and O–H groups in total. The number of aromatic amines is 2. The van der Waals surface area contributed by atoms with Crippen molar-refractivity contribution in [3.8, 4) is 22.3 Å². The van der Waals surface area contributed by atoms with E-state index in [0.717, 1.165) is 76.0 Å². The van der Waals surface area contributed by atoms with Gasteiger partial charge in [-0.25, -0.2) is 19.6 Å². The van der Waals surface area contributed by atoms with Crippen LogP contribution in [0.25, 0.3) is 68.6 Å². The third kappa shape index (κ3) is 7.31. The molecule has 8 bridgehead atoms. The van der Waals surface area contributed by atoms with Crippen molar-refractivity contribution < 1.29 is 19.1 Å². The molecule has 0 atom stereocenters. The highest BCUT2D eigenvalue weighted by atomic mass is 79.9. The number of hydrogen-bond acceptors (Lipinski definition) is 6. The second-order valence-corrected chi connectivity index (χ2v) is 16.1. The highest BCUT2D eigenvalue weighted by Crippen LogP contribution is 2.36. The van der Waals surface area contributed by atoms with Gasteiger partial charge in [0.15, 0.2) is 0 Å². The average Bonchev–Trinajstić information content (AvgIpc) is 3.91. The zero-order valence-electron chi connectivity index (χ0n) is 29.5. The Morgan fingerprint density at radius 3 is 1.29 bits per heavy atom. The summed E-state index contributed by atoms with van der Waals surface area (Å²) in [7, 11) is 0. The molecule has 8 nitrogen and oxygen atoms in total. The largest absolute Gasteiger partial charge is 0.456 e. The first-order chi connectivity index (χ1) is 24.6. The minimum absolute atomic E-state index is 0.396. The second kappa shape index (κ2) is 13.5. The number of fused-ring (bicyclic) bond motifs is 8. The monoisotopic (exact) mass is 818 g/mol. The van der Waals surface area contributed by atoms with Crippen molar-refractivity contribution in [1.29, 1.82) is 0 Å². The molecule has 0 unspecified atom stereocenters. The number of H-pyrrole nitrogens is 2. The van der Waals surface area contributed by atoms with Crippen LogP contribution in [0.4, 0.5) is 0 Å². The first kappa shape index (κ1) is 35.3. The Morgan fingerprint density at radius 1 is 0.538 bits per heavy atom. The molecule has 0 amide bonds. The Kier molecular flexibility index (Phi) is 9.17. The van der Waals surface area contributed by atoms with E-state index in [1.165, 1.54) is 0 Å². The number of carbonyl (C=O) groups excluding carboxylic acids is 2. The van der Waals surface area contributed by atoms with Crippen molar-refractivity contribution in [3.63, 3.8) is 0 Å². The summed E-state index contributed by atoms with van der Waals surface area (Å²) in [6.07, 6.45) is 7.86. The van der Waals surface area contributed by atoms with Crippen LogP contribution in [0.15, 0.2) is 81.7 Å². The number of nitrogens with zero attached hydrogens (tertiary/aromatic N) is 2. The fraction of sp³-hybridized carbons (Fsp3) is 0.190. The highest BCUT2D eigenvalue weighted by Gasteiger charge is 2.22. The normalized spacial score (nSPS) is 12.6. The Hall–Kier alpha value is -5.06. The number of esters is 2. The number of benzene rings is 2. The van der Waals surface area contributed by atoms with Crippen LogP contribution >= 0.6 is 31.9 Å². The van der Waals surface area contributed by atoms with Crippen molar-refractivity contribution in [3.05, 3.63) is 116 Å². The third-order valence-corrected chi connectivity index (χ3v) is 9.86. The lowest BCUT2D eigenvalue weighted by molar-refractivity contribution is 0.00571. The van der Waals surface area contributed by atoms with Gasteiger partial charge in [0.2, 0.25) is 0 Å². The van der Waals surface area contributed by atoms with Crippen LogP contribution in [0.1, 0.15) is 85.0 Å². The summed E-state index contributed by atoms with van der Waals surface area (Å²) in [4.78, 5) is 43.5. The molecule has 0 fully saturated rings. The summed E-state index contributed by atoms with van der Waals surface area (Å²) in [6.45, 7) is 11.1. The van der Waals surface area contributed by atoms with Gasteiger partial charge in [-0.1, -0.05) is 24.3 Å². The van der Waals surface area contributed by atoms with Crippen molar-refractivity contribution in [2.75, 3.05) is 0 Å². The number of ether oxygens (including phenoxy) is 2. The quantitative estimate of drug-likeness (QED) is 0.171. The van der Waals surface area contributed by atoms with E-state index in [4.69, 9.17) is 19.4 Å². The molecular formula is C42H36Br2N4O4. The van der Waals surface area contributed by atoms with Crippen LogP contribution in [-0.2, 0) is 9.47 Å². The number of aromatic nitrogens is 4. The molecule has 10 heteroatoms. The summed E-state index contributed by atoms with van der Waals surface area (Å²) in [5, 5.41) is 0. The number of carbonyl (C=O) groups is 2. The molecule has 5 aromatic rings. The van der Waals surface area contributed by atoms with Gasteiger partial charge < -0.3 is 19.4 Å². The van der Waals surface area contributed by atoms with Gasteiger partial charge in [0, 0.05) is 22.2 Å². The van der Waals surface area contributed by atoms with Crippen LogP contribution in [0, 0.1) is 0 Å². The van der Waals surface area contributed by atoms with E-state index < -0.39 is 23.1 Å². The number of hydrogen-bond donors (Lipinski definition) is 2. The van der Waals surface area contributed by atoms with Gasteiger partial charge in [-0.05, 0) is 157 Å². The summed E-state index contributed by atoms with van der Waals surface area (Å²) < 4.78 is 12.9. The predicted molar refractivity (Wildman–Crippen MR) is 215 cm³/mol. The van der Waals surface area contributed by atoms with Gasteiger partial charge in [-0.2, -0.15) is 0 Å². The van der Waals surface area contributed by atoms with E-state index in [2.05, 4.69) is 41.8 Å². The van der Waals surface area contributed by atoms with E-state index in [9.17, 15) is 9.59 Å². The van der Waals surface area contributed by atoms with E-state index in [0.29, 0.717) is 11.1 Å². The summed E-state index contributed by atoms with van der Waals surface area (Å²) >= 11 is 7.65. The van der Waals surface area contributed by atoms with Gasteiger partial charge >= 0.3 is 11.9 Å². The number of nitrogens with one attached hydrogen (secondary N) is 2. The van der Waals surface area contributed by atoms with Gasteiger partial charge in [0.1, 0.15) is 11.2 Å². The Bertz CT molecular complexity index is 2340. The molecule has 2 aliphatic rings. The van der Waals surface area contributed by atoms with E-state index in [1.807, 2.05) is 127 Å². The van der Waals surface area contributed by atoms with Gasteiger partial charge in [0.25, 0.3) is 0 Å². The van der Waals surface area contributed by atoms with Crippen LogP contribution in [0.5, 0.6) is 0 Å². The number of halogens is 2. The van der Waals surface area contributed by atoms with E-state index in [1.54, 1.807) is 12.1 Å². The molecule has 0 spiro atoms. The van der Waals surface area contributed by atoms with Crippen molar-refractivity contribution in [1.82, 2.24) is 19.9 Å². The number of rotatable bonds is 4. The molecule has 52 heavy (non-hydrogen) atoms. The Labute approximate surface area is 318 Å². The zero-order chi connectivity index (χ0) is 36.9. The maximum Gasteiger partial charge on any atom is 0.338 e. The smallest absolute Gasteiger partial charge is 0.338 e. The van der Waals surface area contributed by atoms with E-state index in [-0.39, 0.29) is 0 Å². The van der Waals surface area contributed by atoms with Crippen LogP contribution in [-0.4, -0.2) is 43.1 Å². The van der Waals surface area contributed by atoms with Crippen LogP contribution in [0.3, 0.4) is 0 Å². The summed E-state index contributed by atoms with van der Waals surface area (Å²) in [6, 6.07) is 22.8. The minimum atomic E-state index is -0.627. The molecule has 0 saturated heterocycles. The second-order valence-electron chi connectivity index (χ2n) is 14.5. The molecule has 5 heterocycles. The van der Waals surface area contributed by atoms with Crippen LogP contribution < -0.4 is 0 Å². The molecule has 3 aromatic heterocycles. The van der Waals surface area contributed by atoms with Gasteiger partial charge in [-0.3, -0.25) is 0 Å². The standard InChI is InChI=1S/C42H36Br2N4O4/c1-41(2,3)51-39(49)25-11-7-9-23(21-25)35-27-13-17-31(45-27)37(43)33-19-15-29(47-33)36(24-10-8-12-26(22-24)40(50)52-42(4,5)6)30-16-20-34(48-30)38(44)32-18-14-28(35)46-32/h7-22,45,48H,1-6H3. The van der Waals surface area contributed by atoms with Crippen molar-refractivity contribution in [2.24, 2.45) is 0 Å². The summed E-state index contributed by atoms with van der Waals surface area (Å²) in [5.41, 5.74) is 8.99. The lowest BCUT2D eigenvalue weighted by Gasteiger charge is -2.19. The first-order valence-corrected chi connectivity index (χ1v) is 18.4. The molecule has 0 radical (unpaired) electrons. The molecule has 2 aliphatic heterocycles. The maximum atomic E-state index is 13.1. The lowest BCUT2D eigenvalue weighted by atomic mass is 10.0. The summed E-state index contributed by atoms with van der Waals surface area (Å²) in [5.74, 6) is -0.793. The molecular weight excluding hydrogens is 784 g/mol. The van der Waals surface area contributed by atoms with E-state index >= 15 is 0 Å². The third-order valence-electron chi connectivity index (χ3n) is 8.20. The fourth-order valence-electron chi connectivity index (χ4n) is 6.02. The highest BCUT2D eigenvalue weighted by molar-refractivity contribution is 9.11. The zero-order valence-corrected chi connectivity index (χ0v) is 32.7. The lowest BCUT2D eigenvalue weighted by Crippen LogP contribution is -2.23. The average molecular weight is 821 g/mol. The van der Waals surface area contributed by atoms with Crippen LogP contribution in [0.2, 0.25) is 0 Å². The predicted octanol–water partition coefficient (Wildman–Crippen LogP) is 11.4. The Morgan fingerprint density at radius 2 is 0.904 bits per heavy atom. The fourth-order valence-corrected chi connectivity index (χ4v) is 6.93.